The van der Waals surface area contributed by atoms with Crippen LogP contribution < -0.4 is 0 Å². The highest BCUT2D eigenvalue weighted by molar-refractivity contribution is 7.89. The Morgan fingerprint density at radius 2 is 1.80 bits per heavy atom. The molecule has 0 aromatic carbocycles. The number of nitrogens with zero attached hydrogens (tertiary/aromatic N) is 1. The van der Waals surface area contributed by atoms with Gasteiger partial charge in [-0.15, -0.1) is 0 Å². The topological polar surface area (TPSA) is 57.6 Å². The fourth-order valence-corrected chi connectivity index (χ4v) is 4.99. The van der Waals surface area contributed by atoms with Gasteiger partial charge < -0.3 is 5.11 Å². The Hall–Kier alpha value is -0.130. The molecule has 0 aromatic rings. The predicted molar refractivity (Wildman–Crippen MR) is 58.0 cm³/mol. The average Bonchev–Trinajstić information content (AvgIpc) is 2.89. The lowest BCUT2D eigenvalue weighted by Crippen LogP contribution is -2.42. The SMILES string of the molecule is O=S(=O)(C1CCCC1)N1CCC[C@@H]1CO. The smallest absolute Gasteiger partial charge is 0.217 e. The van der Waals surface area contributed by atoms with Crippen LogP contribution in [0.2, 0.25) is 0 Å². The summed E-state index contributed by atoms with van der Waals surface area (Å²) in [6.45, 7) is 0.565. The summed E-state index contributed by atoms with van der Waals surface area (Å²) in [7, 11) is -3.13. The minimum Gasteiger partial charge on any atom is -0.395 e. The Labute approximate surface area is 91.3 Å². The molecule has 15 heavy (non-hydrogen) atoms. The van der Waals surface area contributed by atoms with Crippen LogP contribution in [0.1, 0.15) is 38.5 Å². The fraction of sp³-hybridized carbons (Fsp3) is 1.00. The van der Waals surface area contributed by atoms with Gasteiger partial charge in [-0.25, -0.2) is 8.42 Å². The van der Waals surface area contributed by atoms with E-state index < -0.39 is 10.0 Å². The fourth-order valence-electron chi connectivity index (χ4n) is 2.70. The molecule has 0 unspecified atom stereocenters. The Kier molecular flexibility index (Phi) is 3.33. The number of hydrogen-bond acceptors (Lipinski definition) is 3. The van der Waals surface area contributed by atoms with Crippen LogP contribution in [-0.2, 0) is 10.0 Å². The van der Waals surface area contributed by atoms with Gasteiger partial charge in [0, 0.05) is 12.6 Å². The second-order valence-corrected chi connectivity index (χ2v) is 6.71. The molecule has 2 aliphatic rings. The van der Waals surface area contributed by atoms with E-state index in [-0.39, 0.29) is 17.9 Å². The summed E-state index contributed by atoms with van der Waals surface area (Å²) < 4.78 is 26.0. The van der Waals surface area contributed by atoms with Crippen LogP contribution in [0, 0.1) is 0 Å². The Morgan fingerprint density at radius 3 is 2.40 bits per heavy atom. The third-order valence-corrected chi connectivity index (χ3v) is 6.03. The first-order valence-electron chi connectivity index (χ1n) is 5.78. The predicted octanol–water partition coefficient (Wildman–Crippen LogP) is 0.716. The molecule has 2 rings (SSSR count). The molecular weight excluding hydrogens is 214 g/mol. The van der Waals surface area contributed by atoms with Crippen LogP contribution in [0.5, 0.6) is 0 Å². The molecule has 1 N–H and O–H groups in total. The molecule has 1 saturated carbocycles. The maximum absolute atomic E-state index is 12.2. The van der Waals surface area contributed by atoms with Crippen molar-refractivity contribution in [2.45, 2.75) is 49.8 Å². The molecule has 1 heterocycles. The zero-order valence-corrected chi connectivity index (χ0v) is 9.75. The standard InChI is InChI=1S/C10H19NO3S/c12-8-9-4-3-7-11(9)15(13,14)10-5-1-2-6-10/h9-10,12H,1-8H2/t9-/m1/s1. The van der Waals surface area contributed by atoms with E-state index in [0.717, 1.165) is 38.5 Å². The summed E-state index contributed by atoms with van der Waals surface area (Å²) in [5, 5.41) is 8.96. The summed E-state index contributed by atoms with van der Waals surface area (Å²) in [4.78, 5) is 0. The van der Waals surface area contributed by atoms with E-state index in [1.54, 1.807) is 4.31 Å². The summed E-state index contributed by atoms with van der Waals surface area (Å²) in [5.41, 5.74) is 0. The largest absolute Gasteiger partial charge is 0.395 e. The monoisotopic (exact) mass is 233 g/mol. The maximum Gasteiger partial charge on any atom is 0.217 e. The second-order valence-electron chi connectivity index (χ2n) is 4.54. The van der Waals surface area contributed by atoms with E-state index in [0.29, 0.717) is 6.54 Å². The highest BCUT2D eigenvalue weighted by Gasteiger charge is 2.39. The molecule has 1 aliphatic heterocycles. The maximum atomic E-state index is 12.2. The first kappa shape index (κ1) is 11.4. The molecule has 0 amide bonds. The van der Waals surface area contributed by atoms with Gasteiger partial charge in [0.2, 0.25) is 10.0 Å². The van der Waals surface area contributed by atoms with Crippen molar-refractivity contribution in [1.82, 2.24) is 4.31 Å². The lowest BCUT2D eigenvalue weighted by molar-refractivity contribution is 0.212. The van der Waals surface area contributed by atoms with Crippen LogP contribution in [0.15, 0.2) is 0 Å². The summed E-state index contributed by atoms with van der Waals surface area (Å²) in [6.07, 6.45) is 5.36. The van der Waals surface area contributed by atoms with Crippen molar-refractivity contribution in [3.05, 3.63) is 0 Å². The summed E-state index contributed by atoms with van der Waals surface area (Å²) in [6, 6.07) is -0.157. The highest BCUT2D eigenvalue weighted by atomic mass is 32.2. The first-order chi connectivity index (χ1) is 7.16. The number of aliphatic hydroxyl groups excluding tert-OH is 1. The lowest BCUT2D eigenvalue weighted by Gasteiger charge is -2.25. The Bertz CT molecular complexity index is 309. The average molecular weight is 233 g/mol. The summed E-state index contributed by atoms with van der Waals surface area (Å²) in [5.74, 6) is 0. The zero-order valence-electron chi connectivity index (χ0n) is 8.93. The summed E-state index contributed by atoms with van der Waals surface area (Å²) >= 11 is 0. The van der Waals surface area contributed by atoms with Crippen LogP contribution in [0.4, 0.5) is 0 Å². The van der Waals surface area contributed by atoms with Gasteiger partial charge in [-0.1, -0.05) is 12.8 Å². The molecule has 0 spiro atoms. The van der Waals surface area contributed by atoms with Crippen molar-refractivity contribution in [1.29, 1.82) is 0 Å². The normalized spacial score (nSPS) is 30.1. The molecule has 4 nitrogen and oxygen atoms in total. The van der Waals surface area contributed by atoms with E-state index in [4.69, 9.17) is 5.11 Å². The van der Waals surface area contributed by atoms with Gasteiger partial charge in [0.25, 0.3) is 0 Å². The Morgan fingerprint density at radius 1 is 1.13 bits per heavy atom. The quantitative estimate of drug-likeness (QED) is 0.781. The number of hydrogen-bond donors (Lipinski definition) is 1. The molecule has 5 heteroatoms. The molecule has 1 atom stereocenters. The van der Waals surface area contributed by atoms with Crippen molar-refractivity contribution >= 4 is 10.0 Å². The third-order valence-electron chi connectivity index (χ3n) is 3.58. The molecule has 1 aliphatic carbocycles. The molecule has 2 fully saturated rings. The van der Waals surface area contributed by atoms with Gasteiger partial charge >= 0.3 is 0 Å². The van der Waals surface area contributed by atoms with Gasteiger partial charge in [-0.2, -0.15) is 4.31 Å². The number of aliphatic hydroxyl groups is 1. The minimum absolute atomic E-state index is 0.0358. The molecule has 88 valence electrons. The van der Waals surface area contributed by atoms with Crippen molar-refractivity contribution in [3.63, 3.8) is 0 Å². The highest BCUT2D eigenvalue weighted by Crippen LogP contribution is 2.31. The van der Waals surface area contributed by atoms with Crippen molar-refractivity contribution in [2.75, 3.05) is 13.2 Å². The van der Waals surface area contributed by atoms with E-state index in [9.17, 15) is 8.42 Å². The molecular formula is C10H19NO3S. The van der Waals surface area contributed by atoms with Gasteiger partial charge in [0.05, 0.1) is 11.9 Å². The molecule has 0 radical (unpaired) electrons. The lowest BCUT2D eigenvalue weighted by atomic mass is 10.2. The molecule has 0 aromatic heterocycles. The minimum atomic E-state index is -3.13. The van der Waals surface area contributed by atoms with Gasteiger partial charge in [0.15, 0.2) is 0 Å². The van der Waals surface area contributed by atoms with Crippen LogP contribution in [0.25, 0.3) is 0 Å². The zero-order chi connectivity index (χ0) is 10.9. The van der Waals surface area contributed by atoms with E-state index in [1.165, 1.54) is 0 Å². The van der Waals surface area contributed by atoms with Crippen LogP contribution in [0.3, 0.4) is 0 Å². The number of rotatable bonds is 3. The molecule has 1 saturated heterocycles. The molecule has 0 bridgehead atoms. The van der Waals surface area contributed by atoms with Gasteiger partial charge in [0.1, 0.15) is 0 Å². The third kappa shape index (κ3) is 2.05. The van der Waals surface area contributed by atoms with Crippen LogP contribution >= 0.6 is 0 Å². The van der Waals surface area contributed by atoms with Crippen molar-refractivity contribution < 1.29 is 13.5 Å². The van der Waals surface area contributed by atoms with Crippen LogP contribution in [-0.4, -0.2) is 42.3 Å². The Balaban J connectivity index is 2.13. The van der Waals surface area contributed by atoms with Crippen molar-refractivity contribution in [3.8, 4) is 0 Å². The van der Waals surface area contributed by atoms with E-state index >= 15 is 0 Å². The first-order valence-corrected chi connectivity index (χ1v) is 7.28. The van der Waals surface area contributed by atoms with Gasteiger partial charge in [-0.3, -0.25) is 0 Å². The van der Waals surface area contributed by atoms with Gasteiger partial charge in [-0.05, 0) is 25.7 Å². The van der Waals surface area contributed by atoms with Crippen molar-refractivity contribution in [2.24, 2.45) is 0 Å². The number of sulfonamides is 1. The van der Waals surface area contributed by atoms with E-state index in [2.05, 4.69) is 0 Å². The second kappa shape index (κ2) is 4.39. The van der Waals surface area contributed by atoms with E-state index in [1.807, 2.05) is 0 Å².